The van der Waals surface area contributed by atoms with Gasteiger partial charge in [0.15, 0.2) is 0 Å². The van der Waals surface area contributed by atoms with E-state index >= 15 is 0 Å². The maximum Gasteiger partial charge on any atom is 0.222 e. The Morgan fingerprint density at radius 2 is 2.04 bits per heavy atom. The summed E-state index contributed by atoms with van der Waals surface area (Å²) in [6.45, 7) is 7.41. The maximum atomic E-state index is 12.2. The van der Waals surface area contributed by atoms with E-state index in [1.54, 1.807) is 0 Å². The third kappa shape index (κ3) is 3.67. The van der Waals surface area contributed by atoms with Crippen LogP contribution in [-0.4, -0.2) is 26.3 Å². The number of carbonyl (C=O) groups excluding carboxylic acids is 1. The Bertz CT molecular complexity index is 846. The van der Waals surface area contributed by atoms with Gasteiger partial charge in [-0.1, -0.05) is 18.2 Å². The molecule has 0 bridgehead atoms. The number of hydrogen-bond acceptors (Lipinski definition) is 2. The van der Waals surface area contributed by atoms with E-state index in [9.17, 15) is 4.79 Å². The lowest BCUT2D eigenvalue weighted by Crippen LogP contribution is -2.36. The van der Waals surface area contributed by atoms with Gasteiger partial charge in [-0.25, -0.2) is 0 Å². The molecule has 1 aromatic carbocycles. The second kappa shape index (κ2) is 6.91. The van der Waals surface area contributed by atoms with Crippen molar-refractivity contribution >= 4 is 16.8 Å². The van der Waals surface area contributed by atoms with Crippen LogP contribution < -0.4 is 5.32 Å². The van der Waals surface area contributed by atoms with Crippen molar-refractivity contribution in [2.24, 2.45) is 0 Å². The molecule has 0 saturated carbocycles. The lowest BCUT2D eigenvalue weighted by Gasteiger charge is -2.15. The molecule has 0 aliphatic carbocycles. The van der Waals surface area contributed by atoms with Gasteiger partial charge in [-0.3, -0.25) is 9.48 Å². The van der Waals surface area contributed by atoms with Gasteiger partial charge in [-0.2, -0.15) is 5.10 Å². The standard InChI is InChI=1S/C19H24N4O/c1-14-12-16(3)23(21-14)13-15(2)20-19(24)9-11-22-10-8-17-6-4-5-7-18(17)22/h4-8,10,12,15H,9,11,13H2,1-3H3,(H,20,24)/t15-/m0/s1. The third-order valence-corrected chi connectivity index (χ3v) is 4.22. The second-order valence-electron chi connectivity index (χ2n) is 6.40. The number of nitrogens with one attached hydrogen (secondary N) is 1. The minimum atomic E-state index is 0.0527. The average Bonchev–Trinajstić information content (AvgIpc) is 3.08. The van der Waals surface area contributed by atoms with Crippen molar-refractivity contribution in [2.75, 3.05) is 0 Å². The Kier molecular flexibility index (Phi) is 4.69. The fourth-order valence-electron chi connectivity index (χ4n) is 3.07. The van der Waals surface area contributed by atoms with Crippen molar-refractivity contribution in [3.63, 3.8) is 0 Å². The van der Waals surface area contributed by atoms with Gasteiger partial charge in [-0.15, -0.1) is 0 Å². The molecule has 24 heavy (non-hydrogen) atoms. The van der Waals surface area contributed by atoms with Crippen LogP contribution in [0.25, 0.3) is 10.9 Å². The van der Waals surface area contributed by atoms with Crippen LogP contribution in [0.3, 0.4) is 0 Å². The molecule has 0 aliphatic heterocycles. The first-order chi connectivity index (χ1) is 11.5. The highest BCUT2D eigenvalue weighted by Crippen LogP contribution is 2.15. The number of hydrogen-bond donors (Lipinski definition) is 1. The highest BCUT2D eigenvalue weighted by Gasteiger charge is 2.11. The normalized spacial score (nSPS) is 12.5. The summed E-state index contributed by atoms with van der Waals surface area (Å²) in [5.41, 5.74) is 3.29. The maximum absolute atomic E-state index is 12.2. The van der Waals surface area contributed by atoms with E-state index in [-0.39, 0.29) is 11.9 Å². The van der Waals surface area contributed by atoms with E-state index in [2.05, 4.69) is 33.2 Å². The van der Waals surface area contributed by atoms with Gasteiger partial charge in [0.1, 0.15) is 0 Å². The van der Waals surface area contributed by atoms with E-state index in [0.717, 1.165) is 11.4 Å². The first-order valence-electron chi connectivity index (χ1n) is 8.37. The topological polar surface area (TPSA) is 51.9 Å². The molecular weight excluding hydrogens is 300 g/mol. The molecule has 0 unspecified atom stereocenters. The Labute approximate surface area is 142 Å². The highest BCUT2D eigenvalue weighted by atomic mass is 16.1. The Morgan fingerprint density at radius 1 is 1.25 bits per heavy atom. The third-order valence-electron chi connectivity index (χ3n) is 4.22. The van der Waals surface area contributed by atoms with Gasteiger partial charge in [-0.05, 0) is 44.4 Å². The molecule has 0 radical (unpaired) electrons. The van der Waals surface area contributed by atoms with Gasteiger partial charge in [0.2, 0.25) is 5.91 Å². The SMILES string of the molecule is Cc1cc(C)n(C[C@H](C)NC(=O)CCn2ccc3ccccc32)n1. The summed E-state index contributed by atoms with van der Waals surface area (Å²) < 4.78 is 4.07. The molecule has 0 aliphatic rings. The highest BCUT2D eigenvalue weighted by molar-refractivity contribution is 5.80. The predicted molar refractivity (Wildman–Crippen MR) is 95.9 cm³/mol. The summed E-state index contributed by atoms with van der Waals surface area (Å²) in [6, 6.07) is 12.4. The minimum Gasteiger partial charge on any atom is -0.352 e. The summed E-state index contributed by atoms with van der Waals surface area (Å²) in [5.74, 6) is 0.0711. The lowest BCUT2D eigenvalue weighted by molar-refractivity contribution is -0.122. The molecule has 5 heteroatoms. The van der Waals surface area contributed by atoms with E-state index in [0.29, 0.717) is 19.5 Å². The van der Waals surface area contributed by atoms with Crippen LogP contribution in [0.1, 0.15) is 24.7 Å². The van der Waals surface area contributed by atoms with Crippen LogP contribution in [-0.2, 0) is 17.9 Å². The number of aromatic nitrogens is 3. The van der Waals surface area contributed by atoms with Crippen molar-refractivity contribution in [1.82, 2.24) is 19.7 Å². The van der Waals surface area contributed by atoms with Crippen LogP contribution >= 0.6 is 0 Å². The zero-order chi connectivity index (χ0) is 17.1. The number of fused-ring (bicyclic) bond motifs is 1. The fraction of sp³-hybridized carbons (Fsp3) is 0.368. The van der Waals surface area contributed by atoms with Crippen molar-refractivity contribution in [2.45, 2.75) is 46.3 Å². The molecule has 1 amide bonds. The van der Waals surface area contributed by atoms with Gasteiger partial charge in [0, 0.05) is 36.4 Å². The molecular formula is C19H24N4O. The molecule has 1 N–H and O–H groups in total. The Balaban J connectivity index is 1.53. The Morgan fingerprint density at radius 3 is 2.79 bits per heavy atom. The number of amides is 1. The van der Waals surface area contributed by atoms with E-state index in [4.69, 9.17) is 0 Å². The van der Waals surface area contributed by atoms with Gasteiger partial charge >= 0.3 is 0 Å². The zero-order valence-electron chi connectivity index (χ0n) is 14.5. The van der Waals surface area contributed by atoms with Crippen LogP contribution in [0.5, 0.6) is 0 Å². The van der Waals surface area contributed by atoms with E-state index < -0.39 is 0 Å². The molecule has 2 heterocycles. The summed E-state index contributed by atoms with van der Waals surface area (Å²) in [6.07, 6.45) is 2.51. The lowest BCUT2D eigenvalue weighted by atomic mass is 10.2. The first-order valence-corrected chi connectivity index (χ1v) is 8.37. The summed E-state index contributed by atoms with van der Waals surface area (Å²) in [5, 5.41) is 8.71. The molecule has 2 aromatic heterocycles. The van der Waals surface area contributed by atoms with Crippen LogP contribution in [0.15, 0.2) is 42.6 Å². The van der Waals surface area contributed by atoms with Crippen LogP contribution in [0.2, 0.25) is 0 Å². The van der Waals surface area contributed by atoms with Crippen molar-refractivity contribution in [1.29, 1.82) is 0 Å². The molecule has 3 rings (SSSR count). The quantitative estimate of drug-likeness (QED) is 0.758. The Hall–Kier alpha value is -2.56. The second-order valence-corrected chi connectivity index (χ2v) is 6.40. The molecule has 0 fully saturated rings. The van der Waals surface area contributed by atoms with Gasteiger partial charge < -0.3 is 9.88 Å². The molecule has 0 spiro atoms. The minimum absolute atomic E-state index is 0.0527. The summed E-state index contributed by atoms with van der Waals surface area (Å²) in [7, 11) is 0. The van der Waals surface area contributed by atoms with E-state index in [1.165, 1.54) is 10.9 Å². The number of para-hydroxylation sites is 1. The first kappa shape index (κ1) is 16.3. The molecule has 1 atom stereocenters. The molecule has 0 saturated heterocycles. The molecule has 126 valence electrons. The van der Waals surface area contributed by atoms with E-state index in [1.807, 2.05) is 49.8 Å². The van der Waals surface area contributed by atoms with Crippen molar-refractivity contribution in [3.8, 4) is 0 Å². The van der Waals surface area contributed by atoms with Crippen molar-refractivity contribution < 1.29 is 4.79 Å². The molecule has 5 nitrogen and oxygen atoms in total. The molecule has 3 aromatic rings. The van der Waals surface area contributed by atoms with Crippen LogP contribution in [0, 0.1) is 13.8 Å². The average molecular weight is 324 g/mol. The monoisotopic (exact) mass is 324 g/mol. The van der Waals surface area contributed by atoms with Gasteiger partial charge in [0.05, 0.1) is 12.2 Å². The largest absolute Gasteiger partial charge is 0.352 e. The number of aryl methyl sites for hydroxylation is 3. The van der Waals surface area contributed by atoms with Gasteiger partial charge in [0.25, 0.3) is 0 Å². The summed E-state index contributed by atoms with van der Waals surface area (Å²) in [4.78, 5) is 12.2. The van der Waals surface area contributed by atoms with Crippen LogP contribution in [0.4, 0.5) is 0 Å². The zero-order valence-corrected chi connectivity index (χ0v) is 14.5. The smallest absolute Gasteiger partial charge is 0.222 e. The van der Waals surface area contributed by atoms with Crippen molar-refractivity contribution in [3.05, 3.63) is 54.0 Å². The number of benzene rings is 1. The number of carbonyl (C=O) groups is 1. The number of rotatable bonds is 6. The summed E-state index contributed by atoms with van der Waals surface area (Å²) >= 11 is 0. The number of nitrogens with zero attached hydrogens (tertiary/aromatic N) is 3. The predicted octanol–water partition coefficient (Wildman–Crippen LogP) is 3.05. The fourth-order valence-corrected chi connectivity index (χ4v) is 3.07.